The number of nitrogens with one attached hydrogen (secondary N) is 1. The first-order chi connectivity index (χ1) is 14.4. The second-order valence-electron chi connectivity index (χ2n) is 7.31. The van der Waals surface area contributed by atoms with E-state index in [4.69, 9.17) is 4.74 Å². The Hall–Kier alpha value is -2.83. The van der Waals surface area contributed by atoms with Crippen LogP contribution in [0.3, 0.4) is 0 Å². The van der Waals surface area contributed by atoms with Gasteiger partial charge in [-0.2, -0.15) is 0 Å². The lowest BCUT2D eigenvalue weighted by Crippen LogP contribution is -2.22. The van der Waals surface area contributed by atoms with E-state index in [-0.39, 0.29) is 0 Å². The molecule has 0 aliphatic carbocycles. The molecule has 5 nitrogen and oxygen atoms in total. The van der Waals surface area contributed by atoms with Crippen LogP contribution in [0.5, 0.6) is 11.6 Å². The Morgan fingerprint density at radius 1 is 1.03 bits per heavy atom. The van der Waals surface area contributed by atoms with Crippen molar-refractivity contribution in [3.63, 3.8) is 0 Å². The molecule has 0 spiro atoms. The lowest BCUT2D eigenvalue weighted by molar-refractivity contribution is 0.234. The summed E-state index contributed by atoms with van der Waals surface area (Å²) >= 11 is 1.70. The van der Waals surface area contributed by atoms with Gasteiger partial charge in [0.05, 0.1) is 12.1 Å². The number of rotatable bonds is 6. The second kappa shape index (κ2) is 9.78. The highest BCUT2D eigenvalue weighted by atomic mass is 32.2. The molecule has 156 valence electrons. The van der Waals surface area contributed by atoms with E-state index in [2.05, 4.69) is 60.7 Å². The van der Waals surface area contributed by atoms with Crippen LogP contribution in [0.1, 0.15) is 33.5 Å². The number of ether oxygens (including phenoxy) is 1. The lowest BCUT2D eigenvalue weighted by atomic mass is 10.1. The molecule has 1 aromatic heterocycles. The molecule has 3 aromatic rings. The van der Waals surface area contributed by atoms with Crippen molar-refractivity contribution in [2.45, 2.75) is 39.1 Å². The summed E-state index contributed by atoms with van der Waals surface area (Å²) in [6.07, 6.45) is 2.05. The van der Waals surface area contributed by atoms with E-state index in [9.17, 15) is 5.21 Å². The highest BCUT2D eigenvalue weighted by molar-refractivity contribution is 7.98. The molecule has 30 heavy (non-hydrogen) atoms. The third-order valence-corrected chi connectivity index (χ3v) is 5.54. The third-order valence-electron chi connectivity index (χ3n) is 4.64. The summed E-state index contributed by atoms with van der Waals surface area (Å²) in [5.74, 6) is 1.40. The van der Waals surface area contributed by atoms with Crippen LogP contribution in [0.25, 0.3) is 0 Å². The number of hydroxylamine groups is 1. The number of hydrogen-bond acceptors (Lipinski definition) is 5. The van der Waals surface area contributed by atoms with Gasteiger partial charge in [0, 0.05) is 10.6 Å². The van der Waals surface area contributed by atoms with Crippen molar-refractivity contribution < 1.29 is 9.94 Å². The summed E-state index contributed by atoms with van der Waals surface area (Å²) in [7, 11) is 0. The highest BCUT2D eigenvalue weighted by Gasteiger charge is 2.14. The Morgan fingerprint density at radius 3 is 2.40 bits per heavy atom. The maximum atomic E-state index is 9.77. The van der Waals surface area contributed by atoms with Crippen LogP contribution in [-0.2, 0) is 6.54 Å². The highest BCUT2D eigenvalue weighted by Crippen LogP contribution is 2.29. The van der Waals surface area contributed by atoms with Crippen LogP contribution >= 0.6 is 11.8 Å². The predicted octanol–water partition coefficient (Wildman–Crippen LogP) is 5.76. The van der Waals surface area contributed by atoms with E-state index >= 15 is 0 Å². The minimum absolute atomic E-state index is 0.314. The number of benzene rings is 2. The van der Waals surface area contributed by atoms with Gasteiger partial charge in [0.2, 0.25) is 5.88 Å². The fourth-order valence-electron chi connectivity index (χ4n) is 3.33. The van der Waals surface area contributed by atoms with Crippen LogP contribution in [0.2, 0.25) is 0 Å². The fraction of sp³-hybridized carbons (Fsp3) is 0.250. The molecule has 0 radical (unpaired) electrons. The van der Waals surface area contributed by atoms with E-state index < -0.39 is 0 Å². The molecular formula is C24H27N3O2S. The SMILES string of the molecule is CSc1ccc(Oc2nc(C)ccc2C(=NCc2cc(C)cc(C)c2)NO)cc1C. The van der Waals surface area contributed by atoms with Gasteiger partial charge in [-0.15, -0.1) is 11.8 Å². The molecule has 1 heterocycles. The summed E-state index contributed by atoms with van der Waals surface area (Å²) in [6, 6.07) is 16.0. The van der Waals surface area contributed by atoms with Crippen LogP contribution in [0, 0.1) is 27.7 Å². The third kappa shape index (κ3) is 5.40. The quantitative estimate of drug-likeness (QED) is 0.229. The van der Waals surface area contributed by atoms with Crippen molar-refractivity contribution in [3.05, 3.63) is 82.0 Å². The van der Waals surface area contributed by atoms with Gasteiger partial charge in [-0.25, -0.2) is 4.98 Å². The Balaban J connectivity index is 1.93. The van der Waals surface area contributed by atoms with E-state index in [0.29, 0.717) is 29.6 Å². The maximum absolute atomic E-state index is 9.77. The average Bonchev–Trinajstić information content (AvgIpc) is 2.69. The van der Waals surface area contributed by atoms with Crippen molar-refractivity contribution in [1.82, 2.24) is 10.5 Å². The van der Waals surface area contributed by atoms with Gasteiger partial charge in [0.1, 0.15) is 5.75 Å². The van der Waals surface area contributed by atoms with Crippen molar-refractivity contribution in [1.29, 1.82) is 0 Å². The van der Waals surface area contributed by atoms with Crippen LogP contribution in [0.4, 0.5) is 0 Å². The topological polar surface area (TPSA) is 66.7 Å². The number of thioether (sulfide) groups is 1. The first-order valence-electron chi connectivity index (χ1n) is 9.72. The van der Waals surface area contributed by atoms with Crippen LogP contribution in [0.15, 0.2) is 58.4 Å². The molecule has 0 fully saturated rings. The normalized spacial score (nSPS) is 11.5. The van der Waals surface area contributed by atoms with Crippen LogP contribution in [-0.4, -0.2) is 22.3 Å². The Bertz CT molecular complexity index is 1060. The molecule has 3 rings (SSSR count). The largest absolute Gasteiger partial charge is 0.438 e. The molecule has 2 aromatic carbocycles. The molecule has 0 aliphatic heterocycles. The van der Waals surface area contributed by atoms with Gasteiger partial charge >= 0.3 is 0 Å². The van der Waals surface area contributed by atoms with Gasteiger partial charge in [-0.05, 0) is 75.4 Å². The van der Waals surface area contributed by atoms with Gasteiger partial charge in [-0.1, -0.05) is 29.3 Å². The molecule has 6 heteroatoms. The summed E-state index contributed by atoms with van der Waals surface area (Å²) < 4.78 is 6.09. The molecule has 0 saturated heterocycles. The Kier molecular flexibility index (Phi) is 7.13. The van der Waals surface area contributed by atoms with E-state index in [1.165, 1.54) is 16.0 Å². The maximum Gasteiger partial charge on any atom is 0.230 e. The van der Waals surface area contributed by atoms with Crippen molar-refractivity contribution in [2.24, 2.45) is 4.99 Å². The standard InChI is InChI=1S/C24H27N3O2S/c1-15-10-16(2)12-19(11-15)14-25-23(27-28)21-8-6-18(4)26-24(21)29-20-7-9-22(30-5)17(3)13-20/h6-13,28H,14H2,1-5H3,(H,25,27). The Labute approximate surface area is 182 Å². The Morgan fingerprint density at radius 2 is 1.77 bits per heavy atom. The van der Waals surface area contributed by atoms with Gasteiger partial charge in [0.15, 0.2) is 5.84 Å². The van der Waals surface area contributed by atoms with E-state index in [1.54, 1.807) is 11.8 Å². The van der Waals surface area contributed by atoms with Crippen molar-refractivity contribution in [3.8, 4) is 11.6 Å². The zero-order valence-corrected chi connectivity index (χ0v) is 18.8. The minimum Gasteiger partial charge on any atom is -0.438 e. The first kappa shape index (κ1) is 21.9. The van der Waals surface area contributed by atoms with Crippen LogP contribution < -0.4 is 10.2 Å². The number of aryl methyl sites for hydroxylation is 4. The number of aromatic nitrogens is 1. The molecule has 0 amide bonds. The summed E-state index contributed by atoms with van der Waals surface area (Å²) in [4.78, 5) is 10.3. The molecule has 0 unspecified atom stereocenters. The monoisotopic (exact) mass is 421 g/mol. The molecule has 0 atom stereocenters. The van der Waals surface area contributed by atoms with E-state index in [0.717, 1.165) is 16.8 Å². The summed E-state index contributed by atoms with van der Waals surface area (Å²) in [5, 5.41) is 9.77. The summed E-state index contributed by atoms with van der Waals surface area (Å²) in [5.41, 5.74) is 8.21. The molecule has 0 aliphatic rings. The number of amidine groups is 1. The number of pyridine rings is 1. The summed E-state index contributed by atoms with van der Waals surface area (Å²) in [6.45, 7) is 8.50. The molecule has 0 saturated carbocycles. The minimum atomic E-state index is 0.314. The zero-order chi connectivity index (χ0) is 21.7. The second-order valence-corrected chi connectivity index (χ2v) is 8.16. The van der Waals surface area contributed by atoms with Gasteiger partial charge < -0.3 is 4.74 Å². The van der Waals surface area contributed by atoms with Crippen molar-refractivity contribution >= 4 is 17.6 Å². The number of nitrogens with zero attached hydrogens (tertiary/aromatic N) is 2. The zero-order valence-electron chi connectivity index (χ0n) is 18.0. The van der Waals surface area contributed by atoms with Gasteiger partial charge in [0.25, 0.3) is 0 Å². The molecule has 0 bridgehead atoms. The molecular weight excluding hydrogens is 394 g/mol. The predicted molar refractivity (Wildman–Crippen MR) is 123 cm³/mol. The number of aliphatic imine (C=N–C) groups is 1. The average molecular weight is 422 g/mol. The van der Waals surface area contributed by atoms with Gasteiger partial charge in [-0.3, -0.25) is 15.7 Å². The van der Waals surface area contributed by atoms with E-state index in [1.807, 2.05) is 37.3 Å². The lowest BCUT2D eigenvalue weighted by Gasteiger charge is -2.13. The molecule has 2 N–H and O–H groups in total. The number of hydrogen-bond donors (Lipinski definition) is 2. The fourth-order valence-corrected chi connectivity index (χ4v) is 3.91. The smallest absolute Gasteiger partial charge is 0.230 e. The first-order valence-corrected chi connectivity index (χ1v) is 10.9. The van der Waals surface area contributed by atoms with Crippen molar-refractivity contribution in [2.75, 3.05) is 6.26 Å².